The van der Waals surface area contributed by atoms with Crippen molar-refractivity contribution in [2.24, 2.45) is 0 Å². The van der Waals surface area contributed by atoms with E-state index in [1.807, 2.05) is 12.3 Å². The van der Waals surface area contributed by atoms with Crippen LogP contribution in [0.2, 0.25) is 5.15 Å². The van der Waals surface area contributed by atoms with Crippen LogP contribution in [-0.2, 0) is 0 Å². The molecule has 2 nitrogen and oxygen atoms in total. The highest BCUT2D eigenvalue weighted by atomic mass is 35.5. The molecule has 15 heavy (non-hydrogen) atoms. The second-order valence-electron chi connectivity index (χ2n) is 4.72. The second-order valence-corrected chi connectivity index (χ2v) is 5.11. The van der Waals surface area contributed by atoms with E-state index in [4.69, 9.17) is 11.6 Å². The molecule has 2 fully saturated rings. The van der Waals surface area contributed by atoms with Crippen LogP contribution < -0.4 is 0 Å². The lowest BCUT2D eigenvalue weighted by Crippen LogP contribution is -2.25. The van der Waals surface area contributed by atoms with Crippen LogP contribution in [0.5, 0.6) is 0 Å². The summed E-state index contributed by atoms with van der Waals surface area (Å²) < 4.78 is 0. The summed E-state index contributed by atoms with van der Waals surface area (Å²) in [6.07, 6.45) is 5.96. The van der Waals surface area contributed by atoms with Gasteiger partial charge in [-0.2, -0.15) is 0 Å². The minimum absolute atomic E-state index is 0.593. The first-order valence-electron chi connectivity index (χ1n) is 5.59. The van der Waals surface area contributed by atoms with E-state index >= 15 is 0 Å². The van der Waals surface area contributed by atoms with Crippen molar-refractivity contribution < 1.29 is 0 Å². The van der Waals surface area contributed by atoms with Gasteiger partial charge in [0.1, 0.15) is 5.15 Å². The summed E-state index contributed by atoms with van der Waals surface area (Å²) >= 11 is 5.80. The topological polar surface area (TPSA) is 16.1 Å². The molecule has 0 saturated carbocycles. The van der Waals surface area contributed by atoms with E-state index in [-0.39, 0.29) is 0 Å². The van der Waals surface area contributed by atoms with Gasteiger partial charge in [-0.05, 0) is 37.9 Å². The van der Waals surface area contributed by atoms with E-state index in [0.29, 0.717) is 11.1 Å². The normalized spacial score (nSPS) is 34.9. The van der Waals surface area contributed by atoms with Gasteiger partial charge in [0, 0.05) is 24.2 Å². The van der Waals surface area contributed by atoms with Crippen molar-refractivity contribution in [3.05, 3.63) is 29.0 Å². The summed E-state index contributed by atoms with van der Waals surface area (Å²) in [6.45, 7) is 0. The maximum Gasteiger partial charge on any atom is 0.129 e. The molecule has 0 aliphatic carbocycles. The van der Waals surface area contributed by atoms with Gasteiger partial charge in [-0.15, -0.1) is 0 Å². The Labute approximate surface area is 95.3 Å². The van der Waals surface area contributed by atoms with Gasteiger partial charge in [-0.25, -0.2) is 4.98 Å². The van der Waals surface area contributed by atoms with Crippen molar-refractivity contribution in [2.45, 2.75) is 37.3 Å². The van der Waals surface area contributed by atoms with Crippen molar-refractivity contribution in [3.8, 4) is 0 Å². The van der Waals surface area contributed by atoms with Crippen LogP contribution in [0.3, 0.4) is 0 Å². The Morgan fingerprint density at radius 3 is 2.80 bits per heavy atom. The highest BCUT2D eigenvalue weighted by molar-refractivity contribution is 6.29. The van der Waals surface area contributed by atoms with Crippen LogP contribution >= 0.6 is 11.6 Å². The molecule has 1 unspecified atom stereocenters. The van der Waals surface area contributed by atoms with Crippen molar-refractivity contribution in [1.29, 1.82) is 0 Å². The third-order valence-corrected chi connectivity index (χ3v) is 4.29. The highest BCUT2D eigenvalue weighted by Crippen LogP contribution is 2.45. The molecule has 3 rings (SSSR count). The molecular formula is C12H15ClN2. The molecule has 2 saturated heterocycles. The standard InChI is InChI=1S/C12H15ClN2/c1-15-9-3-4-11(15)10(6-9)8-2-5-12(13)14-7-8/h2,5,7,9-11H,3-4,6H2,1H3/t9-,10?,11+/m1/s1. The zero-order valence-electron chi connectivity index (χ0n) is 8.86. The van der Waals surface area contributed by atoms with Crippen LogP contribution in [0.15, 0.2) is 18.3 Å². The Bertz CT molecular complexity index is 362. The van der Waals surface area contributed by atoms with Gasteiger partial charge in [0.15, 0.2) is 0 Å². The first kappa shape index (κ1) is 9.61. The second kappa shape index (κ2) is 3.46. The number of halogens is 1. The SMILES string of the molecule is CN1[C@@H]2CC[C@H]1C(c1ccc(Cl)nc1)C2. The molecule has 80 valence electrons. The number of pyridine rings is 1. The van der Waals surface area contributed by atoms with Gasteiger partial charge in [-0.3, -0.25) is 4.90 Å². The van der Waals surface area contributed by atoms with E-state index in [0.717, 1.165) is 12.1 Å². The molecule has 2 bridgehead atoms. The molecule has 0 aromatic carbocycles. The minimum Gasteiger partial charge on any atom is -0.300 e. The Morgan fingerprint density at radius 1 is 1.40 bits per heavy atom. The largest absolute Gasteiger partial charge is 0.300 e. The third-order valence-electron chi connectivity index (χ3n) is 4.06. The van der Waals surface area contributed by atoms with Crippen LogP contribution in [0.1, 0.15) is 30.7 Å². The van der Waals surface area contributed by atoms with E-state index < -0.39 is 0 Å². The number of hydrogen-bond donors (Lipinski definition) is 0. The lowest BCUT2D eigenvalue weighted by molar-refractivity contribution is 0.307. The minimum atomic E-state index is 0.593. The summed E-state index contributed by atoms with van der Waals surface area (Å²) in [5.74, 6) is 0.679. The lowest BCUT2D eigenvalue weighted by Gasteiger charge is -2.21. The van der Waals surface area contributed by atoms with E-state index in [9.17, 15) is 0 Å². The zero-order valence-corrected chi connectivity index (χ0v) is 9.61. The fourth-order valence-corrected chi connectivity index (χ4v) is 3.34. The fraction of sp³-hybridized carbons (Fsp3) is 0.583. The molecule has 0 radical (unpaired) electrons. The zero-order chi connectivity index (χ0) is 10.4. The number of rotatable bonds is 1. The first-order valence-corrected chi connectivity index (χ1v) is 5.97. The molecule has 1 aromatic rings. The molecule has 1 aromatic heterocycles. The summed E-state index contributed by atoms with van der Waals surface area (Å²) in [6, 6.07) is 5.57. The quantitative estimate of drug-likeness (QED) is 0.680. The number of likely N-dealkylation sites (N-methyl/N-ethyl adjacent to an activating group) is 1. The monoisotopic (exact) mass is 222 g/mol. The molecule has 0 spiro atoms. The Balaban J connectivity index is 1.87. The maximum atomic E-state index is 5.80. The average molecular weight is 223 g/mol. The van der Waals surface area contributed by atoms with Gasteiger partial charge < -0.3 is 0 Å². The fourth-order valence-electron chi connectivity index (χ4n) is 3.23. The summed E-state index contributed by atoms with van der Waals surface area (Å²) in [5, 5.41) is 0.593. The van der Waals surface area contributed by atoms with Crippen molar-refractivity contribution in [2.75, 3.05) is 7.05 Å². The van der Waals surface area contributed by atoms with Crippen molar-refractivity contribution in [3.63, 3.8) is 0 Å². The van der Waals surface area contributed by atoms with Crippen LogP contribution in [0.4, 0.5) is 0 Å². The predicted molar refractivity (Wildman–Crippen MR) is 61.2 cm³/mol. The Hall–Kier alpha value is -0.600. The Morgan fingerprint density at radius 2 is 2.27 bits per heavy atom. The van der Waals surface area contributed by atoms with Gasteiger partial charge in [0.25, 0.3) is 0 Å². The van der Waals surface area contributed by atoms with Gasteiger partial charge in [0.2, 0.25) is 0 Å². The van der Waals surface area contributed by atoms with Gasteiger partial charge in [0.05, 0.1) is 0 Å². The summed E-state index contributed by atoms with van der Waals surface area (Å²) in [5.41, 5.74) is 1.36. The summed E-state index contributed by atoms with van der Waals surface area (Å²) in [4.78, 5) is 6.72. The van der Waals surface area contributed by atoms with E-state index in [2.05, 4.69) is 23.0 Å². The molecule has 0 N–H and O–H groups in total. The third kappa shape index (κ3) is 1.47. The van der Waals surface area contributed by atoms with Crippen molar-refractivity contribution in [1.82, 2.24) is 9.88 Å². The number of hydrogen-bond acceptors (Lipinski definition) is 2. The molecule has 2 aliphatic heterocycles. The van der Waals surface area contributed by atoms with Crippen molar-refractivity contribution >= 4 is 11.6 Å². The molecule has 3 heteroatoms. The number of fused-ring (bicyclic) bond motifs is 2. The molecule has 0 amide bonds. The molecule has 3 atom stereocenters. The van der Waals surface area contributed by atoms with Crippen LogP contribution in [0.25, 0.3) is 0 Å². The van der Waals surface area contributed by atoms with Gasteiger partial charge in [-0.1, -0.05) is 17.7 Å². The number of aromatic nitrogens is 1. The van der Waals surface area contributed by atoms with Crippen LogP contribution in [0, 0.1) is 0 Å². The first-order chi connectivity index (χ1) is 7.25. The molecule has 2 aliphatic rings. The average Bonchev–Trinajstić information content (AvgIpc) is 2.75. The molecular weight excluding hydrogens is 208 g/mol. The molecule has 3 heterocycles. The smallest absolute Gasteiger partial charge is 0.129 e. The number of nitrogens with zero attached hydrogens (tertiary/aromatic N) is 2. The van der Waals surface area contributed by atoms with Gasteiger partial charge >= 0.3 is 0 Å². The van der Waals surface area contributed by atoms with Crippen LogP contribution in [-0.4, -0.2) is 29.0 Å². The maximum absolute atomic E-state index is 5.80. The van der Waals surface area contributed by atoms with E-state index in [1.54, 1.807) is 0 Å². The van der Waals surface area contributed by atoms with E-state index in [1.165, 1.54) is 24.8 Å². The summed E-state index contributed by atoms with van der Waals surface area (Å²) in [7, 11) is 2.26. The highest BCUT2D eigenvalue weighted by Gasteiger charge is 2.44. The lowest BCUT2D eigenvalue weighted by atomic mass is 9.85. The Kier molecular flexibility index (Phi) is 2.22. The predicted octanol–water partition coefficient (Wildman–Crippen LogP) is 2.69.